The molecule has 4 rings (SSSR count). The van der Waals surface area contributed by atoms with Gasteiger partial charge in [-0.2, -0.15) is 5.10 Å². The van der Waals surface area contributed by atoms with Crippen LogP contribution in [0.1, 0.15) is 35.8 Å². The zero-order valence-corrected chi connectivity index (χ0v) is 20.8. The zero-order chi connectivity index (χ0) is 24.9. The molecule has 9 heteroatoms. The van der Waals surface area contributed by atoms with Crippen LogP contribution in [0.4, 0.5) is 11.6 Å². The van der Waals surface area contributed by atoms with Gasteiger partial charge in [-0.05, 0) is 43.7 Å². The monoisotopic (exact) mass is 490 g/mol. The standard InChI is InChI=1S/C26H27ClN6O2/c1-17(2)33-13-12-22(31-33)24-20(27)15-28-26(30-24)29-21-11-10-19(14-23(21)35-4)25(34)32(3)16-18-8-6-5-7-9-18/h5-15,17H,16H2,1-4H3,(H,28,29,30). The van der Waals surface area contributed by atoms with Crippen LogP contribution in [0.15, 0.2) is 67.0 Å². The number of amides is 1. The first-order chi connectivity index (χ1) is 16.9. The molecule has 35 heavy (non-hydrogen) atoms. The molecule has 0 aliphatic carbocycles. The van der Waals surface area contributed by atoms with Gasteiger partial charge in [-0.15, -0.1) is 0 Å². The van der Waals surface area contributed by atoms with E-state index >= 15 is 0 Å². The van der Waals surface area contributed by atoms with Gasteiger partial charge >= 0.3 is 0 Å². The summed E-state index contributed by atoms with van der Waals surface area (Å²) in [6, 6.07) is 17.2. The van der Waals surface area contributed by atoms with Crippen LogP contribution in [0.5, 0.6) is 5.75 Å². The Hall–Kier alpha value is -3.91. The highest BCUT2D eigenvalue weighted by molar-refractivity contribution is 6.32. The average Bonchev–Trinajstić information content (AvgIpc) is 3.36. The summed E-state index contributed by atoms with van der Waals surface area (Å²) in [7, 11) is 3.33. The lowest BCUT2D eigenvalue weighted by Gasteiger charge is -2.18. The van der Waals surface area contributed by atoms with E-state index in [-0.39, 0.29) is 11.9 Å². The van der Waals surface area contributed by atoms with Crippen molar-refractivity contribution in [3.05, 3.63) is 83.1 Å². The SMILES string of the molecule is COc1cc(C(=O)N(C)Cc2ccccc2)ccc1Nc1ncc(Cl)c(-c2ccn(C(C)C)n2)n1. The minimum atomic E-state index is -0.107. The van der Waals surface area contributed by atoms with E-state index in [0.717, 1.165) is 5.56 Å². The molecule has 0 saturated heterocycles. The van der Waals surface area contributed by atoms with Crippen LogP contribution in [0.25, 0.3) is 11.4 Å². The molecule has 1 N–H and O–H groups in total. The van der Waals surface area contributed by atoms with E-state index in [1.54, 1.807) is 37.3 Å². The zero-order valence-electron chi connectivity index (χ0n) is 20.1. The van der Waals surface area contributed by atoms with Crippen molar-refractivity contribution in [2.45, 2.75) is 26.4 Å². The van der Waals surface area contributed by atoms with Crippen molar-refractivity contribution in [2.75, 3.05) is 19.5 Å². The van der Waals surface area contributed by atoms with Crippen molar-refractivity contribution < 1.29 is 9.53 Å². The first-order valence-corrected chi connectivity index (χ1v) is 11.6. The smallest absolute Gasteiger partial charge is 0.254 e. The molecule has 0 spiro atoms. The summed E-state index contributed by atoms with van der Waals surface area (Å²) in [5.41, 5.74) is 3.38. The average molecular weight is 491 g/mol. The number of methoxy groups -OCH3 is 1. The predicted octanol–water partition coefficient (Wildman–Crippen LogP) is 5.60. The van der Waals surface area contributed by atoms with Crippen molar-refractivity contribution in [1.29, 1.82) is 0 Å². The van der Waals surface area contributed by atoms with Crippen molar-refractivity contribution in [3.63, 3.8) is 0 Å². The number of nitrogens with zero attached hydrogens (tertiary/aromatic N) is 5. The molecular weight excluding hydrogens is 464 g/mol. The highest BCUT2D eigenvalue weighted by Gasteiger charge is 2.17. The first kappa shape index (κ1) is 24.2. The van der Waals surface area contributed by atoms with Crippen LogP contribution < -0.4 is 10.1 Å². The number of hydrogen-bond donors (Lipinski definition) is 1. The summed E-state index contributed by atoms with van der Waals surface area (Å²) in [6.07, 6.45) is 3.42. The molecule has 0 aliphatic rings. The van der Waals surface area contributed by atoms with E-state index in [1.165, 1.54) is 6.20 Å². The Labute approximate surface area is 209 Å². The molecule has 0 atom stereocenters. The lowest BCUT2D eigenvalue weighted by Crippen LogP contribution is -2.26. The van der Waals surface area contributed by atoms with Crippen LogP contribution >= 0.6 is 11.6 Å². The Morgan fingerprint density at radius 1 is 1.17 bits per heavy atom. The second kappa shape index (κ2) is 10.6. The predicted molar refractivity (Wildman–Crippen MR) is 137 cm³/mol. The van der Waals surface area contributed by atoms with Gasteiger partial charge in [-0.3, -0.25) is 9.48 Å². The van der Waals surface area contributed by atoms with Gasteiger partial charge in [0.1, 0.15) is 17.1 Å². The third-order valence-corrected chi connectivity index (χ3v) is 5.70. The highest BCUT2D eigenvalue weighted by atomic mass is 35.5. The molecule has 4 aromatic rings. The van der Waals surface area contributed by atoms with Crippen molar-refractivity contribution >= 4 is 29.1 Å². The summed E-state index contributed by atoms with van der Waals surface area (Å²) >= 11 is 6.36. The minimum absolute atomic E-state index is 0.107. The minimum Gasteiger partial charge on any atom is -0.495 e. The number of carbonyl (C=O) groups excluding carboxylic acids is 1. The summed E-state index contributed by atoms with van der Waals surface area (Å²) < 4.78 is 7.39. The van der Waals surface area contributed by atoms with Crippen LogP contribution in [0.3, 0.4) is 0 Å². The van der Waals surface area contributed by atoms with Crippen molar-refractivity contribution in [2.24, 2.45) is 0 Å². The second-order valence-electron chi connectivity index (χ2n) is 8.35. The maximum Gasteiger partial charge on any atom is 0.254 e. The van der Waals surface area contributed by atoms with E-state index in [1.807, 2.05) is 61.1 Å². The summed E-state index contributed by atoms with van der Waals surface area (Å²) in [4.78, 5) is 23.5. The number of hydrogen-bond acceptors (Lipinski definition) is 6. The number of benzene rings is 2. The van der Waals surface area contributed by atoms with Gasteiger partial charge in [0.15, 0.2) is 0 Å². The Morgan fingerprint density at radius 2 is 1.94 bits per heavy atom. The van der Waals surface area contributed by atoms with Gasteiger partial charge in [-0.25, -0.2) is 9.97 Å². The van der Waals surface area contributed by atoms with Crippen LogP contribution in [0.2, 0.25) is 5.02 Å². The molecule has 1 amide bonds. The van der Waals surface area contributed by atoms with Crippen LogP contribution in [-0.2, 0) is 6.54 Å². The molecule has 0 saturated carbocycles. The summed E-state index contributed by atoms with van der Waals surface area (Å²) in [5.74, 6) is 0.722. The van der Waals surface area contributed by atoms with E-state index in [4.69, 9.17) is 16.3 Å². The number of halogens is 1. The molecule has 0 radical (unpaired) electrons. The maximum absolute atomic E-state index is 13.0. The lowest BCUT2D eigenvalue weighted by molar-refractivity contribution is 0.0785. The maximum atomic E-state index is 13.0. The topological polar surface area (TPSA) is 85.2 Å². The molecule has 0 unspecified atom stereocenters. The molecule has 0 bridgehead atoms. The van der Waals surface area contributed by atoms with E-state index in [2.05, 4.69) is 20.4 Å². The van der Waals surface area contributed by atoms with Gasteiger partial charge in [0.25, 0.3) is 5.91 Å². The lowest BCUT2D eigenvalue weighted by atomic mass is 10.1. The van der Waals surface area contributed by atoms with Gasteiger partial charge in [0, 0.05) is 31.4 Å². The number of nitrogens with one attached hydrogen (secondary N) is 1. The third-order valence-electron chi connectivity index (χ3n) is 5.43. The first-order valence-electron chi connectivity index (χ1n) is 11.2. The number of anilines is 2. The quantitative estimate of drug-likeness (QED) is 0.346. The molecule has 2 aromatic heterocycles. The molecule has 0 aliphatic heterocycles. The molecular formula is C26H27ClN6O2. The molecule has 8 nitrogen and oxygen atoms in total. The number of carbonyl (C=O) groups is 1. The normalized spacial score (nSPS) is 10.9. The number of ether oxygens (including phenoxy) is 1. The highest BCUT2D eigenvalue weighted by Crippen LogP contribution is 2.30. The molecule has 2 aromatic carbocycles. The second-order valence-corrected chi connectivity index (χ2v) is 8.76. The van der Waals surface area contributed by atoms with Gasteiger partial charge in [0.05, 0.1) is 24.0 Å². The largest absolute Gasteiger partial charge is 0.495 e. The molecule has 2 heterocycles. The Bertz CT molecular complexity index is 1320. The third kappa shape index (κ3) is 5.60. The van der Waals surface area contributed by atoms with E-state index in [9.17, 15) is 4.79 Å². The molecule has 0 fully saturated rings. The summed E-state index contributed by atoms with van der Waals surface area (Å²) in [5, 5.41) is 8.11. The van der Waals surface area contributed by atoms with Gasteiger partial charge < -0.3 is 15.0 Å². The number of aromatic nitrogens is 4. The van der Waals surface area contributed by atoms with E-state index < -0.39 is 0 Å². The Kier molecular flexibility index (Phi) is 7.31. The van der Waals surface area contributed by atoms with Crippen molar-refractivity contribution in [1.82, 2.24) is 24.6 Å². The Balaban J connectivity index is 1.54. The van der Waals surface area contributed by atoms with Crippen LogP contribution in [0, 0.1) is 0 Å². The fourth-order valence-corrected chi connectivity index (χ4v) is 3.74. The fraction of sp³-hybridized carbons (Fsp3) is 0.231. The van der Waals surface area contributed by atoms with Gasteiger partial charge in [-0.1, -0.05) is 41.9 Å². The fourth-order valence-electron chi connectivity index (χ4n) is 3.56. The van der Waals surface area contributed by atoms with Crippen molar-refractivity contribution in [3.8, 4) is 17.1 Å². The Morgan fingerprint density at radius 3 is 2.63 bits per heavy atom. The van der Waals surface area contributed by atoms with E-state index in [0.29, 0.717) is 45.9 Å². The van der Waals surface area contributed by atoms with Gasteiger partial charge in [0.2, 0.25) is 5.95 Å². The summed E-state index contributed by atoms with van der Waals surface area (Å²) in [6.45, 7) is 4.60. The number of rotatable bonds is 8. The molecule has 180 valence electrons. The van der Waals surface area contributed by atoms with Crippen LogP contribution in [-0.4, -0.2) is 44.7 Å².